The molecule has 1 aliphatic carbocycles. The standard InChI is InChI=1S/C25H33F3N6/c1-15-17(6-5-7-21(15)25(26,27)28)11-32-23(30)20-8-18(12-31-22(20)16(2)29)34-13-24(14-34)9-19(10-24)33(3)4/h5-8,12,19,31H,9-11,13-14,29H2,1-4H3,(H2,30,32)/b22-16+. The Balaban J connectivity index is 1.51. The fraction of sp³-hybridized carbons (Fsp3) is 0.480. The number of aliphatic imine (C=N–C) groups is 1. The van der Waals surface area contributed by atoms with Gasteiger partial charge >= 0.3 is 6.18 Å². The zero-order valence-corrected chi connectivity index (χ0v) is 20.1. The van der Waals surface area contributed by atoms with Crippen LogP contribution in [-0.4, -0.2) is 48.9 Å². The first-order valence-electron chi connectivity index (χ1n) is 11.4. The van der Waals surface area contributed by atoms with E-state index in [9.17, 15) is 13.2 Å². The zero-order valence-electron chi connectivity index (χ0n) is 20.1. The van der Waals surface area contributed by atoms with Crippen LogP contribution in [0.25, 0.3) is 0 Å². The maximum atomic E-state index is 13.3. The van der Waals surface area contributed by atoms with E-state index in [-0.39, 0.29) is 17.9 Å². The summed E-state index contributed by atoms with van der Waals surface area (Å²) in [5, 5.41) is 3.24. The number of nitrogens with zero attached hydrogens (tertiary/aromatic N) is 3. The minimum atomic E-state index is -4.40. The Kier molecular flexibility index (Phi) is 6.18. The van der Waals surface area contributed by atoms with Gasteiger partial charge in [-0.15, -0.1) is 0 Å². The predicted octanol–water partition coefficient (Wildman–Crippen LogP) is 3.46. The predicted molar refractivity (Wildman–Crippen MR) is 128 cm³/mol. The van der Waals surface area contributed by atoms with Crippen LogP contribution in [0.5, 0.6) is 0 Å². The molecule has 0 radical (unpaired) electrons. The van der Waals surface area contributed by atoms with Crippen molar-refractivity contribution in [2.45, 2.75) is 45.5 Å². The molecule has 2 fully saturated rings. The highest BCUT2D eigenvalue weighted by atomic mass is 19.4. The molecular weight excluding hydrogens is 441 g/mol. The molecule has 0 unspecified atom stereocenters. The molecule has 2 heterocycles. The number of amidine groups is 1. The van der Waals surface area contributed by atoms with E-state index in [2.05, 4.69) is 34.2 Å². The molecule has 6 nitrogen and oxygen atoms in total. The summed E-state index contributed by atoms with van der Waals surface area (Å²) in [4.78, 5) is 9.04. The second kappa shape index (κ2) is 8.69. The number of likely N-dealkylation sites (tertiary alicyclic amines) is 1. The first kappa shape index (κ1) is 24.2. The van der Waals surface area contributed by atoms with E-state index < -0.39 is 11.7 Å². The minimum absolute atomic E-state index is 0.0492. The van der Waals surface area contributed by atoms with Gasteiger partial charge in [0.05, 0.1) is 23.5 Å². The number of allylic oxidation sites excluding steroid dienone is 2. The van der Waals surface area contributed by atoms with Crippen molar-refractivity contribution in [3.8, 4) is 0 Å². The molecule has 1 aromatic carbocycles. The van der Waals surface area contributed by atoms with Crippen LogP contribution in [0.15, 0.2) is 58.1 Å². The molecular formula is C25H33F3N6. The van der Waals surface area contributed by atoms with Crippen molar-refractivity contribution in [3.63, 3.8) is 0 Å². The van der Waals surface area contributed by atoms with Crippen molar-refractivity contribution >= 4 is 5.84 Å². The lowest BCUT2D eigenvalue weighted by atomic mass is 9.60. The Labute approximate surface area is 198 Å². The van der Waals surface area contributed by atoms with Crippen LogP contribution in [0.2, 0.25) is 0 Å². The maximum absolute atomic E-state index is 13.3. The van der Waals surface area contributed by atoms with Crippen LogP contribution in [-0.2, 0) is 12.7 Å². The first-order chi connectivity index (χ1) is 15.9. The zero-order chi connectivity index (χ0) is 24.8. The maximum Gasteiger partial charge on any atom is 0.416 e. The minimum Gasteiger partial charge on any atom is -0.401 e. The molecule has 4 rings (SSSR count). The largest absolute Gasteiger partial charge is 0.416 e. The summed E-state index contributed by atoms with van der Waals surface area (Å²) < 4.78 is 39.8. The van der Waals surface area contributed by atoms with E-state index in [4.69, 9.17) is 11.5 Å². The molecule has 1 spiro atoms. The Morgan fingerprint density at radius 3 is 2.50 bits per heavy atom. The third kappa shape index (κ3) is 4.53. The highest BCUT2D eigenvalue weighted by Gasteiger charge is 2.53. The second-order valence-electron chi connectivity index (χ2n) is 10.0. The van der Waals surface area contributed by atoms with Crippen molar-refractivity contribution in [1.29, 1.82) is 0 Å². The van der Waals surface area contributed by atoms with Crippen LogP contribution in [0.1, 0.15) is 36.5 Å². The Bertz CT molecular complexity index is 1080. The normalized spacial score (nSPS) is 22.1. The molecule has 0 aromatic heterocycles. The van der Waals surface area contributed by atoms with Gasteiger partial charge in [-0.1, -0.05) is 12.1 Å². The Morgan fingerprint density at radius 1 is 1.24 bits per heavy atom. The molecule has 5 N–H and O–H groups in total. The van der Waals surface area contributed by atoms with Crippen LogP contribution in [0.3, 0.4) is 0 Å². The molecule has 1 aromatic rings. The van der Waals surface area contributed by atoms with Crippen LogP contribution in [0, 0.1) is 12.3 Å². The van der Waals surface area contributed by atoms with Gasteiger partial charge in [-0.3, -0.25) is 4.99 Å². The monoisotopic (exact) mass is 474 g/mol. The van der Waals surface area contributed by atoms with Gasteiger partial charge in [-0.2, -0.15) is 13.2 Å². The number of nitrogens with one attached hydrogen (secondary N) is 1. The molecule has 9 heteroatoms. The Hall–Kier alpha value is -2.94. The molecule has 3 aliphatic rings. The van der Waals surface area contributed by atoms with Gasteiger partial charge in [0.25, 0.3) is 0 Å². The third-order valence-corrected chi connectivity index (χ3v) is 7.25. The SMILES string of the molecule is C/C(N)=C1\NC=C(N2CC3(CC(N(C)C)C3)C2)C=C1C(N)=NCc1cccc(C(F)(F)F)c1C. The van der Waals surface area contributed by atoms with Gasteiger partial charge in [-0.25, -0.2) is 0 Å². The third-order valence-electron chi connectivity index (χ3n) is 7.25. The van der Waals surface area contributed by atoms with Crippen molar-refractivity contribution in [3.05, 3.63) is 69.8 Å². The van der Waals surface area contributed by atoms with Gasteiger partial charge in [0.15, 0.2) is 0 Å². The average molecular weight is 475 g/mol. The number of rotatable bonds is 5. The van der Waals surface area contributed by atoms with Crippen LogP contribution >= 0.6 is 0 Å². The highest BCUT2D eigenvalue weighted by Crippen LogP contribution is 2.51. The summed E-state index contributed by atoms with van der Waals surface area (Å²) in [6.45, 7) is 5.27. The van der Waals surface area contributed by atoms with Crippen LogP contribution < -0.4 is 16.8 Å². The lowest BCUT2D eigenvalue weighted by Crippen LogP contribution is -2.65. The number of nitrogens with two attached hydrogens (primary N) is 2. The van der Waals surface area contributed by atoms with Crippen molar-refractivity contribution in [1.82, 2.24) is 15.1 Å². The number of hydrogen-bond donors (Lipinski definition) is 3. The molecule has 2 aliphatic heterocycles. The molecule has 1 saturated carbocycles. The van der Waals surface area contributed by atoms with Gasteiger partial charge < -0.3 is 26.6 Å². The summed E-state index contributed by atoms with van der Waals surface area (Å²) in [6, 6.07) is 4.78. The summed E-state index contributed by atoms with van der Waals surface area (Å²) >= 11 is 0. The summed E-state index contributed by atoms with van der Waals surface area (Å²) in [7, 11) is 4.26. The average Bonchev–Trinajstić information content (AvgIpc) is 2.69. The van der Waals surface area contributed by atoms with E-state index in [0.29, 0.717) is 34.0 Å². The lowest BCUT2D eigenvalue weighted by molar-refractivity contribution is -0.138. The van der Waals surface area contributed by atoms with E-state index in [0.717, 1.165) is 24.9 Å². The fourth-order valence-electron chi connectivity index (χ4n) is 5.12. The molecule has 0 bridgehead atoms. The number of hydrogen-bond acceptors (Lipinski definition) is 5. The molecule has 0 atom stereocenters. The topological polar surface area (TPSA) is 82.9 Å². The van der Waals surface area contributed by atoms with E-state index in [1.54, 1.807) is 13.0 Å². The van der Waals surface area contributed by atoms with Gasteiger partial charge in [-0.05, 0) is 64.1 Å². The van der Waals surface area contributed by atoms with Gasteiger partial charge in [0.1, 0.15) is 5.84 Å². The van der Waals surface area contributed by atoms with E-state index >= 15 is 0 Å². The fourth-order valence-corrected chi connectivity index (χ4v) is 5.12. The Morgan fingerprint density at radius 2 is 1.91 bits per heavy atom. The smallest absolute Gasteiger partial charge is 0.401 e. The molecule has 34 heavy (non-hydrogen) atoms. The molecule has 1 saturated heterocycles. The van der Waals surface area contributed by atoms with Gasteiger partial charge in [0, 0.05) is 42.0 Å². The van der Waals surface area contributed by atoms with E-state index in [1.165, 1.54) is 25.8 Å². The summed E-state index contributed by atoms with van der Waals surface area (Å²) in [6.07, 6.45) is 1.91. The molecule has 184 valence electrons. The summed E-state index contributed by atoms with van der Waals surface area (Å²) in [5.74, 6) is 0.237. The second-order valence-corrected chi connectivity index (χ2v) is 10.0. The van der Waals surface area contributed by atoms with E-state index in [1.807, 2.05) is 12.3 Å². The van der Waals surface area contributed by atoms with Crippen LogP contribution in [0.4, 0.5) is 13.2 Å². The number of halogens is 3. The number of dihydropyridines is 1. The lowest BCUT2D eigenvalue weighted by Gasteiger charge is -2.61. The van der Waals surface area contributed by atoms with Crippen molar-refractivity contribution < 1.29 is 13.2 Å². The highest BCUT2D eigenvalue weighted by molar-refractivity contribution is 6.01. The quantitative estimate of drug-likeness (QED) is 0.450. The molecule has 0 amide bonds. The van der Waals surface area contributed by atoms with Crippen molar-refractivity contribution in [2.75, 3.05) is 27.2 Å². The van der Waals surface area contributed by atoms with Crippen molar-refractivity contribution in [2.24, 2.45) is 21.9 Å². The number of alkyl halides is 3. The number of benzene rings is 1. The summed E-state index contributed by atoms with van der Waals surface area (Å²) in [5.41, 5.74) is 15.7. The van der Waals surface area contributed by atoms with Gasteiger partial charge in [0.2, 0.25) is 0 Å². The first-order valence-corrected chi connectivity index (χ1v) is 11.4.